The van der Waals surface area contributed by atoms with Crippen LogP contribution in [-0.2, 0) is 4.79 Å². The van der Waals surface area contributed by atoms with Crippen LogP contribution >= 0.6 is 0 Å². The van der Waals surface area contributed by atoms with Crippen LogP contribution in [0.2, 0.25) is 0 Å². The smallest absolute Gasteiger partial charge is 0.248 e. The van der Waals surface area contributed by atoms with Gasteiger partial charge in [0, 0.05) is 18.7 Å². The molecule has 0 saturated carbocycles. The number of primary amides is 1. The number of hydrogen-bond acceptors (Lipinski definition) is 4. The van der Waals surface area contributed by atoms with Crippen LogP contribution < -0.4 is 21.7 Å². The summed E-state index contributed by atoms with van der Waals surface area (Å²) in [4.78, 5) is 24.4. The number of nitrogens with one attached hydrogen (secondary N) is 1. The lowest BCUT2D eigenvalue weighted by Gasteiger charge is -2.21. The Morgan fingerprint density at radius 2 is 2.00 bits per heavy atom. The van der Waals surface area contributed by atoms with E-state index >= 15 is 0 Å². The van der Waals surface area contributed by atoms with Gasteiger partial charge in [-0.1, -0.05) is 0 Å². The number of hydrogen-bond donors (Lipinski definition) is 3. The van der Waals surface area contributed by atoms with Crippen molar-refractivity contribution in [1.29, 1.82) is 0 Å². The van der Waals surface area contributed by atoms with Crippen LogP contribution in [0.1, 0.15) is 24.2 Å². The molecule has 1 aromatic rings. The highest BCUT2D eigenvalue weighted by molar-refractivity contribution is 5.95. The zero-order chi connectivity index (χ0) is 14.6. The van der Waals surface area contributed by atoms with Gasteiger partial charge < -0.3 is 21.7 Å². The van der Waals surface area contributed by atoms with E-state index in [0.717, 1.165) is 0 Å². The number of rotatable bonds is 5. The first-order valence-electron chi connectivity index (χ1n) is 6.01. The zero-order valence-corrected chi connectivity index (χ0v) is 11.4. The molecular weight excluding hydrogens is 244 g/mol. The van der Waals surface area contributed by atoms with Crippen LogP contribution in [0, 0.1) is 0 Å². The molecule has 0 atom stereocenters. The molecule has 6 nitrogen and oxygen atoms in total. The molecule has 0 spiro atoms. The quantitative estimate of drug-likeness (QED) is 0.667. The number of anilines is 2. The molecule has 2 amide bonds. The lowest BCUT2D eigenvalue weighted by molar-refractivity contribution is -0.120. The van der Waals surface area contributed by atoms with Crippen molar-refractivity contribution >= 4 is 23.2 Å². The summed E-state index contributed by atoms with van der Waals surface area (Å²) < 4.78 is 0. The molecule has 1 rings (SSSR count). The van der Waals surface area contributed by atoms with Crippen LogP contribution in [0.15, 0.2) is 18.2 Å². The van der Waals surface area contributed by atoms with Crippen molar-refractivity contribution in [3.8, 4) is 0 Å². The van der Waals surface area contributed by atoms with Gasteiger partial charge in [-0.05, 0) is 32.0 Å². The van der Waals surface area contributed by atoms with Crippen molar-refractivity contribution < 1.29 is 9.59 Å². The molecule has 0 aliphatic carbocycles. The second-order valence-electron chi connectivity index (χ2n) is 4.72. The first-order valence-corrected chi connectivity index (χ1v) is 6.01. The summed E-state index contributed by atoms with van der Waals surface area (Å²) >= 11 is 0. The largest absolute Gasteiger partial charge is 0.397 e. The van der Waals surface area contributed by atoms with Gasteiger partial charge in [0.2, 0.25) is 11.8 Å². The maximum absolute atomic E-state index is 11.7. The fourth-order valence-corrected chi connectivity index (χ4v) is 1.72. The number of amides is 2. The first-order chi connectivity index (χ1) is 8.81. The van der Waals surface area contributed by atoms with Crippen LogP contribution in [0.4, 0.5) is 11.4 Å². The van der Waals surface area contributed by atoms with E-state index in [2.05, 4.69) is 5.32 Å². The Balaban J connectivity index is 2.80. The van der Waals surface area contributed by atoms with Crippen molar-refractivity contribution in [3.05, 3.63) is 23.8 Å². The molecule has 0 fully saturated rings. The molecular formula is C13H20N4O2. The predicted octanol–water partition coefficient (Wildman–Crippen LogP) is 0.329. The maximum atomic E-state index is 11.7. The number of nitrogens with zero attached hydrogens (tertiary/aromatic N) is 1. The van der Waals surface area contributed by atoms with Crippen molar-refractivity contribution in [2.24, 2.45) is 5.73 Å². The van der Waals surface area contributed by atoms with E-state index in [9.17, 15) is 9.59 Å². The molecule has 0 unspecified atom stereocenters. The Bertz CT molecular complexity index is 486. The fourth-order valence-electron chi connectivity index (χ4n) is 1.72. The normalized spacial score (nSPS) is 10.3. The molecule has 5 N–H and O–H groups in total. The minimum Gasteiger partial charge on any atom is -0.397 e. The first kappa shape index (κ1) is 14.8. The molecule has 0 aliphatic heterocycles. The highest BCUT2D eigenvalue weighted by Crippen LogP contribution is 2.22. The van der Waals surface area contributed by atoms with E-state index in [1.54, 1.807) is 24.1 Å². The number of nitrogens with two attached hydrogens (primary N) is 2. The molecule has 1 aromatic carbocycles. The molecule has 6 heteroatoms. The van der Waals surface area contributed by atoms with E-state index in [4.69, 9.17) is 11.5 Å². The van der Waals surface area contributed by atoms with E-state index in [1.165, 1.54) is 6.07 Å². The molecule has 19 heavy (non-hydrogen) atoms. The van der Waals surface area contributed by atoms with Crippen LogP contribution in [0.25, 0.3) is 0 Å². The molecule has 0 radical (unpaired) electrons. The minimum atomic E-state index is -0.529. The molecule has 0 aliphatic rings. The van der Waals surface area contributed by atoms with Gasteiger partial charge in [-0.2, -0.15) is 0 Å². The summed E-state index contributed by atoms with van der Waals surface area (Å²) in [6.45, 7) is 3.99. The lowest BCUT2D eigenvalue weighted by Crippen LogP contribution is -2.38. The highest BCUT2D eigenvalue weighted by Gasteiger charge is 2.12. The average Bonchev–Trinajstić information content (AvgIpc) is 2.26. The molecule has 0 aromatic heterocycles. The number of likely N-dealkylation sites (N-methyl/N-ethyl adjacent to an activating group) is 1. The summed E-state index contributed by atoms with van der Waals surface area (Å²) in [6, 6.07) is 4.87. The summed E-state index contributed by atoms with van der Waals surface area (Å²) in [5, 5.41) is 2.80. The van der Waals surface area contributed by atoms with Crippen LogP contribution in [0.5, 0.6) is 0 Å². The molecule has 0 heterocycles. The third kappa shape index (κ3) is 4.17. The van der Waals surface area contributed by atoms with Gasteiger partial charge in [-0.25, -0.2) is 0 Å². The van der Waals surface area contributed by atoms with Gasteiger partial charge >= 0.3 is 0 Å². The molecule has 0 saturated heterocycles. The van der Waals surface area contributed by atoms with Gasteiger partial charge in [0.05, 0.1) is 17.9 Å². The summed E-state index contributed by atoms with van der Waals surface area (Å²) in [5.74, 6) is -0.616. The highest BCUT2D eigenvalue weighted by atomic mass is 16.2. The minimum absolute atomic E-state index is 0.0872. The monoisotopic (exact) mass is 264 g/mol. The molecule has 104 valence electrons. The third-order valence-corrected chi connectivity index (χ3v) is 2.55. The second kappa shape index (κ2) is 6.08. The second-order valence-corrected chi connectivity index (χ2v) is 4.72. The van der Waals surface area contributed by atoms with E-state index in [-0.39, 0.29) is 18.5 Å². The van der Waals surface area contributed by atoms with Crippen molar-refractivity contribution in [2.45, 2.75) is 19.9 Å². The third-order valence-electron chi connectivity index (χ3n) is 2.55. The Hall–Kier alpha value is -2.24. The van der Waals surface area contributed by atoms with Gasteiger partial charge in [0.25, 0.3) is 0 Å². The Morgan fingerprint density at radius 1 is 1.37 bits per heavy atom. The fraction of sp³-hybridized carbons (Fsp3) is 0.385. The Labute approximate surface area is 112 Å². The van der Waals surface area contributed by atoms with Crippen LogP contribution in [0.3, 0.4) is 0 Å². The summed E-state index contributed by atoms with van der Waals surface area (Å²) in [7, 11) is 1.76. The summed E-state index contributed by atoms with van der Waals surface area (Å²) in [6.07, 6.45) is 0. The SMILES string of the molecule is CC(C)NC(=O)CN(C)c1ccc(C(N)=O)cc1N. The van der Waals surface area contributed by atoms with Crippen molar-refractivity contribution in [2.75, 3.05) is 24.2 Å². The van der Waals surface area contributed by atoms with Crippen molar-refractivity contribution in [3.63, 3.8) is 0 Å². The van der Waals surface area contributed by atoms with Gasteiger partial charge in [-0.15, -0.1) is 0 Å². The van der Waals surface area contributed by atoms with E-state index in [1.807, 2.05) is 13.8 Å². The maximum Gasteiger partial charge on any atom is 0.248 e. The average molecular weight is 264 g/mol. The van der Waals surface area contributed by atoms with Gasteiger partial charge in [0.15, 0.2) is 0 Å². The topological polar surface area (TPSA) is 101 Å². The predicted molar refractivity (Wildman–Crippen MR) is 75.9 cm³/mol. The summed E-state index contributed by atoms with van der Waals surface area (Å²) in [5.41, 5.74) is 12.5. The van der Waals surface area contributed by atoms with E-state index < -0.39 is 5.91 Å². The van der Waals surface area contributed by atoms with Gasteiger partial charge in [0.1, 0.15) is 0 Å². The zero-order valence-electron chi connectivity index (χ0n) is 11.4. The van der Waals surface area contributed by atoms with Crippen LogP contribution in [-0.4, -0.2) is 31.4 Å². The molecule has 0 bridgehead atoms. The Morgan fingerprint density at radius 3 is 2.47 bits per heavy atom. The van der Waals surface area contributed by atoms with E-state index in [0.29, 0.717) is 16.9 Å². The number of carbonyl (C=O) groups excluding carboxylic acids is 2. The number of benzene rings is 1. The number of carbonyl (C=O) groups is 2. The Kier molecular flexibility index (Phi) is 4.74. The van der Waals surface area contributed by atoms with Gasteiger partial charge in [-0.3, -0.25) is 9.59 Å². The standard InChI is InChI=1S/C13H20N4O2/c1-8(2)16-12(18)7-17(3)11-5-4-9(13(15)19)6-10(11)14/h4-6,8H,7,14H2,1-3H3,(H2,15,19)(H,16,18). The number of nitrogen functional groups attached to an aromatic ring is 1. The lowest BCUT2D eigenvalue weighted by atomic mass is 10.1. The van der Waals surface area contributed by atoms with Crippen molar-refractivity contribution in [1.82, 2.24) is 5.32 Å².